The Morgan fingerprint density at radius 1 is 1.00 bits per heavy atom. The molecular weight excluding hydrogens is 398 g/mol. The fourth-order valence-corrected chi connectivity index (χ4v) is 5.30. The Hall–Kier alpha value is -2.53. The number of carbonyl (C=O) groups is 1. The van der Waals surface area contributed by atoms with Gasteiger partial charge in [-0.3, -0.25) is 0 Å². The number of rotatable bonds is 7. The normalized spacial score (nSPS) is 22.3. The molecule has 5 nitrogen and oxygen atoms in total. The van der Waals surface area contributed by atoms with Crippen LogP contribution in [0.5, 0.6) is 5.75 Å². The highest BCUT2D eigenvalue weighted by Crippen LogP contribution is 2.28. The van der Waals surface area contributed by atoms with E-state index in [4.69, 9.17) is 4.74 Å². The van der Waals surface area contributed by atoms with Crippen LogP contribution in [0.4, 0.5) is 10.5 Å². The van der Waals surface area contributed by atoms with Gasteiger partial charge in [-0.15, -0.1) is 0 Å². The van der Waals surface area contributed by atoms with Crippen molar-refractivity contribution in [2.75, 3.05) is 32.1 Å². The van der Waals surface area contributed by atoms with Crippen molar-refractivity contribution in [2.45, 2.75) is 51.0 Å². The molecule has 172 valence electrons. The third-order valence-corrected chi connectivity index (χ3v) is 7.12. The maximum absolute atomic E-state index is 12.7. The smallest absolute Gasteiger partial charge is 0.319 e. The summed E-state index contributed by atoms with van der Waals surface area (Å²) in [5, 5.41) is 6.24. The van der Waals surface area contributed by atoms with Gasteiger partial charge in [-0.05, 0) is 74.7 Å². The number of anilines is 1. The van der Waals surface area contributed by atoms with Gasteiger partial charge in [0.15, 0.2) is 0 Å². The summed E-state index contributed by atoms with van der Waals surface area (Å²) in [6, 6.07) is 18.5. The summed E-state index contributed by atoms with van der Waals surface area (Å²) in [7, 11) is 1.64. The summed E-state index contributed by atoms with van der Waals surface area (Å²) >= 11 is 0. The first-order valence-electron chi connectivity index (χ1n) is 12.2. The summed E-state index contributed by atoms with van der Waals surface area (Å²) < 4.78 is 5.25. The topological polar surface area (TPSA) is 53.6 Å². The van der Waals surface area contributed by atoms with Gasteiger partial charge in [0.2, 0.25) is 0 Å². The Labute approximate surface area is 192 Å². The first-order valence-corrected chi connectivity index (χ1v) is 12.2. The average Bonchev–Trinajstić information content (AvgIpc) is 2.82. The van der Waals surface area contributed by atoms with Gasteiger partial charge in [0, 0.05) is 24.3 Å². The highest BCUT2D eigenvalue weighted by molar-refractivity contribution is 5.89. The first-order chi connectivity index (χ1) is 15.7. The zero-order valence-electron chi connectivity index (χ0n) is 19.3. The van der Waals surface area contributed by atoms with Gasteiger partial charge in [-0.2, -0.15) is 0 Å². The van der Waals surface area contributed by atoms with E-state index in [1.54, 1.807) is 7.11 Å². The fraction of sp³-hybridized carbons (Fsp3) is 0.519. The number of piperidine rings is 1. The van der Waals surface area contributed by atoms with E-state index in [9.17, 15) is 4.79 Å². The molecule has 2 aromatic rings. The van der Waals surface area contributed by atoms with E-state index in [0.717, 1.165) is 30.3 Å². The van der Waals surface area contributed by atoms with Gasteiger partial charge in [0.1, 0.15) is 5.75 Å². The van der Waals surface area contributed by atoms with Crippen LogP contribution in [-0.4, -0.2) is 43.7 Å². The Bertz CT molecular complexity index is 849. The molecule has 2 aromatic carbocycles. The number of likely N-dealkylation sites (tertiary alicyclic amines) is 1. The van der Waals surface area contributed by atoms with Gasteiger partial charge >= 0.3 is 6.03 Å². The number of hydrogen-bond acceptors (Lipinski definition) is 3. The second kappa shape index (κ2) is 11.4. The van der Waals surface area contributed by atoms with Crippen LogP contribution in [0, 0.1) is 11.8 Å². The van der Waals surface area contributed by atoms with Crippen molar-refractivity contribution >= 4 is 11.7 Å². The average molecular weight is 436 g/mol. The number of hydrogen-bond donors (Lipinski definition) is 2. The van der Waals surface area contributed by atoms with E-state index in [-0.39, 0.29) is 12.1 Å². The Balaban J connectivity index is 1.25. The molecule has 1 heterocycles. The molecule has 2 atom stereocenters. The fourth-order valence-electron chi connectivity index (χ4n) is 5.30. The number of methoxy groups -OCH3 is 1. The summed E-state index contributed by atoms with van der Waals surface area (Å²) in [6.07, 6.45) is 8.48. The largest absolute Gasteiger partial charge is 0.497 e. The molecule has 1 aliphatic carbocycles. The third-order valence-electron chi connectivity index (χ3n) is 7.12. The molecule has 2 N–H and O–H groups in total. The summed E-state index contributed by atoms with van der Waals surface area (Å²) in [4.78, 5) is 15.3. The molecule has 2 aliphatic rings. The van der Waals surface area contributed by atoms with Crippen molar-refractivity contribution in [1.29, 1.82) is 0 Å². The van der Waals surface area contributed by atoms with Gasteiger partial charge in [-0.25, -0.2) is 4.79 Å². The molecule has 2 amide bonds. The third kappa shape index (κ3) is 6.49. The molecule has 5 heteroatoms. The maximum Gasteiger partial charge on any atom is 0.319 e. The van der Waals surface area contributed by atoms with Crippen molar-refractivity contribution in [3.63, 3.8) is 0 Å². The maximum atomic E-state index is 12.7. The SMILES string of the molecule is COc1cccc(NC(=O)NC2CCCCC2CN2CCC(Cc3ccccc3)CC2)c1. The lowest BCUT2D eigenvalue weighted by Gasteiger charge is -2.39. The summed E-state index contributed by atoms with van der Waals surface area (Å²) in [5.74, 6) is 2.07. The molecule has 2 fully saturated rings. The van der Waals surface area contributed by atoms with Crippen molar-refractivity contribution in [3.05, 3.63) is 60.2 Å². The Kier molecular flexibility index (Phi) is 8.05. The van der Waals surface area contributed by atoms with Gasteiger partial charge in [0.05, 0.1) is 7.11 Å². The molecule has 0 aromatic heterocycles. The van der Waals surface area contributed by atoms with E-state index in [0.29, 0.717) is 5.92 Å². The monoisotopic (exact) mass is 435 g/mol. The van der Waals surface area contributed by atoms with Crippen LogP contribution in [0.2, 0.25) is 0 Å². The second-order valence-electron chi connectivity index (χ2n) is 9.42. The molecule has 2 unspecified atom stereocenters. The molecule has 1 saturated carbocycles. The zero-order valence-corrected chi connectivity index (χ0v) is 19.3. The number of ether oxygens (including phenoxy) is 1. The van der Waals surface area contributed by atoms with Crippen LogP contribution in [0.3, 0.4) is 0 Å². The van der Waals surface area contributed by atoms with Crippen LogP contribution in [0.25, 0.3) is 0 Å². The van der Waals surface area contributed by atoms with Crippen molar-refractivity contribution < 1.29 is 9.53 Å². The van der Waals surface area contributed by atoms with Crippen LogP contribution in [0.1, 0.15) is 44.1 Å². The van der Waals surface area contributed by atoms with Crippen LogP contribution in [-0.2, 0) is 6.42 Å². The van der Waals surface area contributed by atoms with Crippen molar-refractivity contribution in [3.8, 4) is 5.75 Å². The molecule has 4 rings (SSSR count). The minimum atomic E-state index is -0.114. The molecule has 0 spiro atoms. The highest BCUT2D eigenvalue weighted by Gasteiger charge is 2.29. The van der Waals surface area contributed by atoms with E-state index < -0.39 is 0 Å². The summed E-state index contributed by atoms with van der Waals surface area (Å²) in [6.45, 7) is 3.45. The minimum Gasteiger partial charge on any atom is -0.497 e. The van der Waals surface area contributed by atoms with Crippen LogP contribution >= 0.6 is 0 Å². The minimum absolute atomic E-state index is 0.114. The lowest BCUT2D eigenvalue weighted by atomic mass is 9.83. The summed E-state index contributed by atoms with van der Waals surface area (Å²) in [5.41, 5.74) is 2.22. The van der Waals surface area contributed by atoms with E-state index in [1.807, 2.05) is 24.3 Å². The number of nitrogens with one attached hydrogen (secondary N) is 2. The molecule has 1 aliphatic heterocycles. The van der Waals surface area contributed by atoms with Gasteiger partial charge < -0.3 is 20.3 Å². The van der Waals surface area contributed by atoms with Gasteiger partial charge in [0.25, 0.3) is 0 Å². The second-order valence-corrected chi connectivity index (χ2v) is 9.42. The van der Waals surface area contributed by atoms with E-state index in [2.05, 4.69) is 45.9 Å². The molecule has 0 radical (unpaired) electrons. The number of benzene rings is 2. The number of carbonyl (C=O) groups excluding carboxylic acids is 1. The number of amides is 2. The lowest BCUT2D eigenvalue weighted by molar-refractivity contribution is 0.130. The Morgan fingerprint density at radius 2 is 1.78 bits per heavy atom. The molecule has 0 bridgehead atoms. The van der Waals surface area contributed by atoms with Crippen LogP contribution in [0.15, 0.2) is 54.6 Å². The predicted molar refractivity (Wildman–Crippen MR) is 130 cm³/mol. The standard InChI is InChI=1S/C27H37N3O2/c1-32-25-12-7-11-24(19-25)28-27(31)29-26-13-6-5-10-23(26)20-30-16-14-22(15-17-30)18-21-8-3-2-4-9-21/h2-4,7-9,11-12,19,22-23,26H,5-6,10,13-18,20H2,1H3,(H2,28,29,31). The number of urea groups is 1. The van der Waals surface area contributed by atoms with Crippen molar-refractivity contribution in [2.24, 2.45) is 11.8 Å². The zero-order chi connectivity index (χ0) is 22.2. The Morgan fingerprint density at radius 3 is 2.56 bits per heavy atom. The molecule has 1 saturated heterocycles. The lowest BCUT2D eigenvalue weighted by Crippen LogP contribution is -2.48. The van der Waals surface area contributed by atoms with E-state index in [1.165, 1.54) is 57.2 Å². The first kappa shape index (κ1) is 22.7. The predicted octanol–water partition coefficient (Wildman–Crippen LogP) is 5.33. The van der Waals surface area contributed by atoms with Crippen LogP contribution < -0.4 is 15.4 Å². The quantitative estimate of drug-likeness (QED) is 0.618. The van der Waals surface area contributed by atoms with Gasteiger partial charge in [-0.1, -0.05) is 49.2 Å². The highest BCUT2D eigenvalue weighted by atomic mass is 16.5. The van der Waals surface area contributed by atoms with E-state index >= 15 is 0 Å². The molecule has 32 heavy (non-hydrogen) atoms. The molecular formula is C27H37N3O2. The number of nitrogens with zero attached hydrogens (tertiary/aromatic N) is 1. The van der Waals surface area contributed by atoms with Crippen molar-refractivity contribution in [1.82, 2.24) is 10.2 Å².